The number of unbranched alkanes of at least 4 members (excludes halogenated alkanes) is 6. The van der Waals surface area contributed by atoms with E-state index in [2.05, 4.69) is 6.92 Å². The number of halogens is 3. The fourth-order valence-corrected chi connectivity index (χ4v) is 3.10. The molecule has 0 aliphatic carbocycles. The second-order valence-electron chi connectivity index (χ2n) is 6.75. The third-order valence-corrected chi connectivity index (χ3v) is 4.65. The van der Waals surface area contributed by atoms with Crippen molar-refractivity contribution >= 4 is 0 Å². The van der Waals surface area contributed by atoms with Gasteiger partial charge in [0.2, 0.25) is 0 Å². The lowest BCUT2D eigenvalue weighted by Gasteiger charge is -2.09. The van der Waals surface area contributed by atoms with Crippen LogP contribution in [0.1, 0.15) is 63.0 Å². The number of aryl methyl sites for hydroxylation is 2. The van der Waals surface area contributed by atoms with E-state index in [1.807, 2.05) is 12.1 Å². The Morgan fingerprint density at radius 1 is 0.760 bits per heavy atom. The maximum atomic E-state index is 14.1. The molecule has 0 aliphatic rings. The van der Waals surface area contributed by atoms with Crippen LogP contribution in [0.2, 0.25) is 0 Å². The standard InChI is InChI=1S/C22H27F3/c1-3-4-5-6-7-8-9-10-17-11-13-18(14-12-17)20-19(23)15-16(2)21(24)22(20)25/h11-15H,3-10H2,1-2H3. The highest BCUT2D eigenvalue weighted by molar-refractivity contribution is 5.65. The summed E-state index contributed by atoms with van der Waals surface area (Å²) < 4.78 is 41.8. The van der Waals surface area contributed by atoms with E-state index in [-0.39, 0.29) is 11.1 Å². The van der Waals surface area contributed by atoms with Gasteiger partial charge in [0.15, 0.2) is 11.6 Å². The summed E-state index contributed by atoms with van der Waals surface area (Å²) in [6.45, 7) is 3.57. The van der Waals surface area contributed by atoms with Crippen LogP contribution in [-0.4, -0.2) is 0 Å². The van der Waals surface area contributed by atoms with Crippen LogP contribution in [-0.2, 0) is 6.42 Å². The Balaban J connectivity index is 1.94. The van der Waals surface area contributed by atoms with E-state index in [1.165, 1.54) is 45.4 Å². The SMILES string of the molecule is CCCCCCCCCc1ccc(-c2c(F)cc(C)c(F)c2F)cc1. The summed E-state index contributed by atoms with van der Waals surface area (Å²) in [4.78, 5) is 0. The van der Waals surface area contributed by atoms with Gasteiger partial charge in [-0.15, -0.1) is 0 Å². The summed E-state index contributed by atoms with van der Waals surface area (Å²) in [6, 6.07) is 8.14. The first-order valence-electron chi connectivity index (χ1n) is 9.28. The number of hydrogen-bond donors (Lipinski definition) is 0. The van der Waals surface area contributed by atoms with Crippen LogP contribution < -0.4 is 0 Å². The van der Waals surface area contributed by atoms with E-state index in [4.69, 9.17) is 0 Å². The zero-order valence-corrected chi connectivity index (χ0v) is 15.2. The average molecular weight is 348 g/mol. The van der Waals surface area contributed by atoms with E-state index in [1.54, 1.807) is 12.1 Å². The molecule has 0 unspecified atom stereocenters. The van der Waals surface area contributed by atoms with Crippen molar-refractivity contribution in [2.24, 2.45) is 0 Å². The van der Waals surface area contributed by atoms with Gasteiger partial charge < -0.3 is 0 Å². The van der Waals surface area contributed by atoms with Crippen LogP contribution in [0, 0.1) is 24.4 Å². The number of benzene rings is 2. The number of rotatable bonds is 9. The second-order valence-corrected chi connectivity index (χ2v) is 6.75. The van der Waals surface area contributed by atoms with Crippen molar-refractivity contribution in [1.82, 2.24) is 0 Å². The van der Waals surface area contributed by atoms with Crippen molar-refractivity contribution in [2.75, 3.05) is 0 Å². The van der Waals surface area contributed by atoms with Gasteiger partial charge in [-0.1, -0.05) is 69.7 Å². The fourth-order valence-electron chi connectivity index (χ4n) is 3.10. The minimum Gasteiger partial charge on any atom is -0.206 e. The molecule has 0 aromatic heterocycles. The van der Waals surface area contributed by atoms with Gasteiger partial charge in [0, 0.05) is 0 Å². The highest BCUT2D eigenvalue weighted by Crippen LogP contribution is 2.29. The predicted molar refractivity (Wildman–Crippen MR) is 98.2 cm³/mol. The highest BCUT2D eigenvalue weighted by atomic mass is 19.2. The monoisotopic (exact) mass is 348 g/mol. The van der Waals surface area contributed by atoms with Crippen molar-refractivity contribution in [3.8, 4) is 11.1 Å². The Hall–Kier alpha value is -1.77. The Morgan fingerprint density at radius 2 is 1.36 bits per heavy atom. The van der Waals surface area contributed by atoms with Crippen LogP contribution in [0.4, 0.5) is 13.2 Å². The first-order valence-corrected chi connectivity index (χ1v) is 9.28. The molecule has 0 amide bonds. The molecule has 3 heteroatoms. The van der Waals surface area contributed by atoms with Crippen LogP contribution in [0.3, 0.4) is 0 Å². The van der Waals surface area contributed by atoms with E-state index in [9.17, 15) is 13.2 Å². The van der Waals surface area contributed by atoms with E-state index >= 15 is 0 Å². The van der Waals surface area contributed by atoms with Crippen molar-refractivity contribution in [2.45, 2.75) is 65.2 Å². The minimum absolute atomic E-state index is 0.0192. The molecule has 2 rings (SSSR count). The van der Waals surface area contributed by atoms with E-state index in [0.717, 1.165) is 24.5 Å². The van der Waals surface area contributed by atoms with E-state index < -0.39 is 17.5 Å². The fraction of sp³-hybridized carbons (Fsp3) is 0.455. The van der Waals surface area contributed by atoms with Crippen molar-refractivity contribution in [3.05, 3.63) is 58.9 Å². The molecule has 0 heterocycles. The molecule has 0 nitrogen and oxygen atoms in total. The van der Waals surface area contributed by atoms with Crippen LogP contribution in [0.5, 0.6) is 0 Å². The van der Waals surface area contributed by atoms with Crippen LogP contribution >= 0.6 is 0 Å². The first-order chi connectivity index (χ1) is 12.0. The maximum absolute atomic E-state index is 14.1. The van der Waals surface area contributed by atoms with Gasteiger partial charge in [0.25, 0.3) is 0 Å². The molecule has 0 radical (unpaired) electrons. The minimum atomic E-state index is -1.11. The Morgan fingerprint density at radius 3 is 2.00 bits per heavy atom. The van der Waals surface area contributed by atoms with Gasteiger partial charge in [0.05, 0.1) is 5.56 Å². The molecule has 25 heavy (non-hydrogen) atoms. The molecule has 0 saturated carbocycles. The molecule has 0 aliphatic heterocycles. The quantitative estimate of drug-likeness (QED) is 0.328. The molecule has 0 bridgehead atoms. The van der Waals surface area contributed by atoms with Gasteiger partial charge >= 0.3 is 0 Å². The molecule has 2 aromatic rings. The summed E-state index contributed by atoms with van der Waals surface area (Å²) in [5, 5.41) is 0. The lowest BCUT2D eigenvalue weighted by molar-refractivity contribution is 0.493. The topological polar surface area (TPSA) is 0 Å². The van der Waals surface area contributed by atoms with Crippen LogP contribution in [0.25, 0.3) is 11.1 Å². The molecule has 0 saturated heterocycles. The summed E-state index contributed by atoms with van der Waals surface area (Å²) in [5.74, 6) is -2.82. The molecule has 0 atom stereocenters. The molecule has 0 fully saturated rings. The van der Waals surface area contributed by atoms with Crippen LogP contribution in [0.15, 0.2) is 30.3 Å². The average Bonchev–Trinajstić information content (AvgIpc) is 2.60. The van der Waals surface area contributed by atoms with Gasteiger partial charge in [-0.2, -0.15) is 0 Å². The van der Waals surface area contributed by atoms with Gasteiger partial charge in [-0.05, 0) is 42.5 Å². The lowest BCUT2D eigenvalue weighted by atomic mass is 9.99. The van der Waals surface area contributed by atoms with Gasteiger partial charge in [-0.3, -0.25) is 0 Å². The van der Waals surface area contributed by atoms with Crippen molar-refractivity contribution in [3.63, 3.8) is 0 Å². The van der Waals surface area contributed by atoms with E-state index in [0.29, 0.717) is 5.56 Å². The first kappa shape index (κ1) is 19.6. The maximum Gasteiger partial charge on any atom is 0.169 e. The molecule has 2 aromatic carbocycles. The van der Waals surface area contributed by atoms with Crippen molar-refractivity contribution < 1.29 is 13.2 Å². The molecule has 0 N–H and O–H groups in total. The summed E-state index contributed by atoms with van der Waals surface area (Å²) in [5.41, 5.74) is 1.21. The summed E-state index contributed by atoms with van der Waals surface area (Å²) in [6.07, 6.45) is 9.73. The largest absolute Gasteiger partial charge is 0.206 e. The molecule has 0 spiro atoms. The van der Waals surface area contributed by atoms with Crippen molar-refractivity contribution in [1.29, 1.82) is 0 Å². The van der Waals surface area contributed by atoms with Gasteiger partial charge in [0.1, 0.15) is 5.82 Å². The normalized spacial score (nSPS) is 11.1. The number of hydrogen-bond acceptors (Lipinski definition) is 0. The molecular weight excluding hydrogens is 321 g/mol. The summed E-state index contributed by atoms with van der Waals surface area (Å²) in [7, 11) is 0. The molecular formula is C22H27F3. The zero-order valence-electron chi connectivity index (χ0n) is 15.2. The Kier molecular flexibility index (Phi) is 7.54. The van der Waals surface area contributed by atoms with Gasteiger partial charge in [-0.25, -0.2) is 13.2 Å². The lowest BCUT2D eigenvalue weighted by Crippen LogP contribution is -1.98. The highest BCUT2D eigenvalue weighted by Gasteiger charge is 2.18. The smallest absolute Gasteiger partial charge is 0.169 e. The zero-order chi connectivity index (χ0) is 18.2. The third kappa shape index (κ3) is 5.35. The predicted octanol–water partition coefficient (Wildman–Crippen LogP) is 7.37. The summed E-state index contributed by atoms with van der Waals surface area (Å²) >= 11 is 0. The second kappa shape index (κ2) is 9.65. The Bertz CT molecular complexity index is 675. The molecule has 136 valence electrons. The third-order valence-electron chi connectivity index (χ3n) is 4.65. The Labute approximate surface area is 149 Å².